The third-order valence-corrected chi connectivity index (χ3v) is 1.53. The van der Waals surface area contributed by atoms with Crippen LogP contribution in [0.15, 0.2) is 36.5 Å². The van der Waals surface area contributed by atoms with Crippen LogP contribution in [0.2, 0.25) is 0 Å². The van der Waals surface area contributed by atoms with E-state index in [2.05, 4.69) is 5.32 Å². The average molecular weight is 221 g/mol. The highest BCUT2D eigenvalue weighted by Crippen LogP contribution is 1.99. The van der Waals surface area contributed by atoms with Crippen molar-refractivity contribution in [2.75, 3.05) is 13.1 Å². The Kier molecular flexibility index (Phi) is 8.87. The van der Waals surface area contributed by atoms with Crippen LogP contribution in [0.4, 0.5) is 0 Å². The number of hydrogen-bond acceptors (Lipinski definition) is 3. The Morgan fingerprint density at radius 1 is 1.25 bits per heavy atom. The topological polar surface area (TPSA) is 81.1 Å². The molecule has 0 aliphatic heterocycles. The van der Waals surface area contributed by atoms with E-state index in [1.807, 2.05) is 36.4 Å². The van der Waals surface area contributed by atoms with Crippen molar-refractivity contribution in [1.82, 2.24) is 5.32 Å². The Labute approximate surface area is 96.3 Å². The predicted octanol–water partition coefficient (Wildman–Crippen LogP) is 0.697. The second-order valence-corrected chi connectivity index (χ2v) is 3.02. The fourth-order valence-corrected chi connectivity index (χ4v) is 0.819. The van der Waals surface area contributed by atoms with Gasteiger partial charge in [-0.2, -0.15) is 0 Å². The molecule has 0 fully saturated rings. The van der Waals surface area contributed by atoms with Crippen LogP contribution in [0.1, 0.15) is 12.5 Å². The summed E-state index contributed by atoms with van der Waals surface area (Å²) >= 11 is 0. The zero-order valence-corrected chi connectivity index (χ0v) is 9.52. The van der Waals surface area contributed by atoms with Crippen molar-refractivity contribution in [2.45, 2.75) is 6.92 Å². The smallest absolute Gasteiger partial charge is 0.220 e. The highest BCUT2D eigenvalue weighted by atomic mass is 16.1. The first kappa shape index (κ1) is 14.3. The van der Waals surface area contributed by atoms with E-state index >= 15 is 0 Å². The molecule has 0 unspecified atom stereocenters. The summed E-state index contributed by atoms with van der Waals surface area (Å²) in [6.07, 6.45) is 3.49. The maximum atomic E-state index is 10.5. The van der Waals surface area contributed by atoms with E-state index in [0.717, 1.165) is 5.56 Å². The molecule has 0 radical (unpaired) electrons. The van der Waals surface area contributed by atoms with E-state index in [9.17, 15) is 4.79 Å². The number of hydrogen-bond donors (Lipinski definition) is 3. The van der Waals surface area contributed by atoms with Gasteiger partial charge in [-0.25, -0.2) is 0 Å². The van der Waals surface area contributed by atoms with E-state index in [4.69, 9.17) is 11.5 Å². The summed E-state index contributed by atoms with van der Waals surface area (Å²) in [6.45, 7) is 2.68. The number of amides is 1. The molecule has 4 nitrogen and oxygen atoms in total. The van der Waals surface area contributed by atoms with E-state index in [-0.39, 0.29) is 5.91 Å². The van der Waals surface area contributed by atoms with Gasteiger partial charge in [0.2, 0.25) is 5.91 Å². The van der Waals surface area contributed by atoms with Crippen molar-refractivity contribution in [3.05, 3.63) is 42.1 Å². The van der Waals surface area contributed by atoms with Crippen molar-refractivity contribution in [1.29, 1.82) is 0 Å². The average Bonchev–Trinajstić information content (AvgIpc) is 2.30. The van der Waals surface area contributed by atoms with Crippen LogP contribution in [-0.4, -0.2) is 19.0 Å². The van der Waals surface area contributed by atoms with E-state index in [1.165, 1.54) is 6.92 Å². The normalized spacial score (nSPS) is 9.44. The molecule has 4 heteroatoms. The predicted molar refractivity (Wildman–Crippen MR) is 67.4 cm³/mol. The fourth-order valence-electron chi connectivity index (χ4n) is 0.819. The lowest BCUT2D eigenvalue weighted by molar-refractivity contribution is -0.118. The van der Waals surface area contributed by atoms with Gasteiger partial charge in [0.1, 0.15) is 0 Å². The second-order valence-electron chi connectivity index (χ2n) is 3.02. The molecular weight excluding hydrogens is 202 g/mol. The minimum Gasteiger partial charge on any atom is -0.333 e. The van der Waals surface area contributed by atoms with E-state index in [0.29, 0.717) is 13.1 Å². The molecule has 0 saturated heterocycles. The molecular formula is C12H19N3O. The van der Waals surface area contributed by atoms with Gasteiger partial charge >= 0.3 is 0 Å². The van der Waals surface area contributed by atoms with Crippen LogP contribution in [0.25, 0.3) is 6.08 Å². The largest absolute Gasteiger partial charge is 0.333 e. The fraction of sp³-hybridized carbons (Fsp3) is 0.250. The summed E-state index contributed by atoms with van der Waals surface area (Å²) in [4.78, 5) is 10.5. The second kappa shape index (κ2) is 9.89. The number of nitrogens with two attached hydrogens (primary N) is 2. The minimum absolute atomic E-state index is 0.0535. The molecule has 1 aromatic carbocycles. The third-order valence-electron chi connectivity index (χ3n) is 1.53. The van der Waals surface area contributed by atoms with Gasteiger partial charge in [0.05, 0.1) is 0 Å². The Bertz CT molecular complexity index is 307. The monoisotopic (exact) mass is 221 g/mol. The summed E-state index contributed by atoms with van der Waals surface area (Å²) in [5, 5.41) is 2.57. The first-order chi connectivity index (χ1) is 7.70. The van der Waals surface area contributed by atoms with Crippen molar-refractivity contribution in [3.63, 3.8) is 0 Å². The van der Waals surface area contributed by atoms with Gasteiger partial charge in [0.15, 0.2) is 0 Å². The van der Waals surface area contributed by atoms with Crippen LogP contribution < -0.4 is 16.8 Å². The van der Waals surface area contributed by atoms with Crippen LogP contribution in [-0.2, 0) is 4.79 Å². The highest BCUT2D eigenvalue weighted by Gasteiger charge is 1.83. The summed E-state index contributed by atoms with van der Waals surface area (Å²) in [5.74, 6) is -0.0535. The van der Waals surface area contributed by atoms with Crippen molar-refractivity contribution < 1.29 is 4.79 Å². The SMILES string of the molecule is CC(=O)NC=Cc1ccccc1.NCCN. The Hall–Kier alpha value is -1.65. The lowest BCUT2D eigenvalue weighted by Gasteiger charge is -1.92. The van der Waals surface area contributed by atoms with Gasteiger partial charge in [0, 0.05) is 26.2 Å². The van der Waals surface area contributed by atoms with Gasteiger partial charge in [-0.3, -0.25) is 4.79 Å². The number of benzene rings is 1. The quantitative estimate of drug-likeness (QED) is 0.702. The molecule has 0 atom stereocenters. The van der Waals surface area contributed by atoms with Crippen LogP contribution in [0.3, 0.4) is 0 Å². The molecule has 0 aliphatic rings. The summed E-state index contributed by atoms with van der Waals surface area (Å²) < 4.78 is 0. The first-order valence-electron chi connectivity index (χ1n) is 5.09. The zero-order chi connectivity index (χ0) is 12.2. The van der Waals surface area contributed by atoms with Gasteiger partial charge in [-0.05, 0) is 11.6 Å². The molecule has 1 aromatic rings. The lowest BCUT2D eigenvalue weighted by Crippen LogP contribution is -2.11. The number of nitrogens with one attached hydrogen (secondary N) is 1. The van der Waals surface area contributed by atoms with Gasteiger partial charge in [0.25, 0.3) is 0 Å². The Morgan fingerprint density at radius 3 is 2.25 bits per heavy atom. The molecule has 5 N–H and O–H groups in total. The highest BCUT2D eigenvalue weighted by molar-refractivity contribution is 5.74. The molecule has 0 spiro atoms. The third kappa shape index (κ3) is 8.93. The molecule has 0 aromatic heterocycles. The van der Waals surface area contributed by atoms with Crippen LogP contribution in [0.5, 0.6) is 0 Å². The molecule has 16 heavy (non-hydrogen) atoms. The molecule has 1 rings (SSSR count). The van der Waals surface area contributed by atoms with E-state index < -0.39 is 0 Å². The number of carbonyl (C=O) groups is 1. The molecule has 0 saturated carbocycles. The van der Waals surface area contributed by atoms with Crippen LogP contribution >= 0.6 is 0 Å². The maximum absolute atomic E-state index is 10.5. The minimum atomic E-state index is -0.0535. The standard InChI is InChI=1S/C10H11NO.C2H8N2/c1-9(12)11-8-7-10-5-3-2-4-6-10;3-1-2-4/h2-8H,1H3,(H,11,12);1-4H2. The zero-order valence-electron chi connectivity index (χ0n) is 9.52. The summed E-state index contributed by atoms with van der Waals surface area (Å²) in [5.41, 5.74) is 10.9. The maximum Gasteiger partial charge on any atom is 0.220 e. The van der Waals surface area contributed by atoms with Crippen molar-refractivity contribution in [2.24, 2.45) is 11.5 Å². The summed E-state index contributed by atoms with van der Waals surface area (Å²) in [7, 11) is 0. The molecule has 0 bridgehead atoms. The van der Waals surface area contributed by atoms with Gasteiger partial charge < -0.3 is 16.8 Å². The lowest BCUT2D eigenvalue weighted by atomic mass is 10.2. The Balaban J connectivity index is 0.000000487. The van der Waals surface area contributed by atoms with Gasteiger partial charge in [-0.1, -0.05) is 30.3 Å². The number of rotatable bonds is 3. The Morgan fingerprint density at radius 2 is 1.81 bits per heavy atom. The van der Waals surface area contributed by atoms with Gasteiger partial charge in [-0.15, -0.1) is 0 Å². The van der Waals surface area contributed by atoms with Crippen LogP contribution in [0, 0.1) is 0 Å². The molecule has 0 aliphatic carbocycles. The van der Waals surface area contributed by atoms with Crippen molar-refractivity contribution in [3.8, 4) is 0 Å². The molecule has 1 amide bonds. The van der Waals surface area contributed by atoms with E-state index in [1.54, 1.807) is 6.20 Å². The number of carbonyl (C=O) groups excluding carboxylic acids is 1. The summed E-state index contributed by atoms with van der Waals surface area (Å²) in [6, 6.07) is 9.80. The first-order valence-corrected chi connectivity index (χ1v) is 5.09. The molecule has 0 heterocycles. The van der Waals surface area contributed by atoms with Crippen molar-refractivity contribution >= 4 is 12.0 Å². The molecule has 88 valence electrons.